The topological polar surface area (TPSA) is 33.2 Å². The molecular weight excluding hydrogens is 324 g/mol. The third kappa shape index (κ3) is 2.75. The van der Waals surface area contributed by atoms with Crippen LogP contribution in [0.2, 0.25) is 0 Å². The number of hydrogen-bond acceptors (Lipinski definition) is 4. The Hall–Kier alpha value is -1.85. The van der Waals surface area contributed by atoms with Gasteiger partial charge < -0.3 is 4.90 Å². The number of hydrogen-bond donors (Lipinski definition) is 0. The van der Waals surface area contributed by atoms with Crippen molar-refractivity contribution in [3.63, 3.8) is 0 Å². The summed E-state index contributed by atoms with van der Waals surface area (Å²) < 4.78 is 2.13. The summed E-state index contributed by atoms with van der Waals surface area (Å²) in [6, 6.07) is 16.3. The normalized spacial score (nSPS) is 14.9. The number of rotatable bonds is 3. The summed E-state index contributed by atoms with van der Waals surface area (Å²) in [5.41, 5.74) is 3.33. The van der Waals surface area contributed by atoms with Gasteiger partial charge in [0.25, 0.3) is 0 Å². The van der Waals surface area contributed by atoms with Crippen LogP contribution < -0.4 is 4.90 Å². The van der Waals surface area contributed by atoms with Crippen molar-refractivity contribution >= 4 is 44.9 Å². The zero-order valence-electron chi connectivity index (χ0n) is 12.7. The summed E-state index contributed by atoms with van der Waals surface area (Å²) in [6.07, 6.45) is 0.945. The van der Waals surface area contributed by atoms with Crippen LogP contribution in [0.15, 0.2) is 52.9 Å². The minimum atomic E-state index is -0.137. The van der Waals surface area contributed by atoms with E-state index in [0.29, 0.717) is 0 Å². The molecule has 1 atom stereocenters. The smallest absolute Gasteiger partial charge is 0.240 e. The monoisotopic (exact) mass is 340 g/mol. The van der Waals surface area contributed by atoms with Gasteiger partial charge in [-0.05, 0) is 37.1 Å². The third-order valence-corrected chi connectivity index (χ3v) is 6.27. The molecule has 116 valence electrons. The number of carbonyl (C=O) groups excluding carboxylic acids is 1. The Morgan fingerprint density at radius 1 is 1.22 bits per heavy atom. The van der Waals surface area contributed by atoms with Crippen LogP contribution in [0.25, 0.3) is 10.2 Å². The first-order valence-corrected chi connectivity index (χ1v) is 9.33. The van der Waals surface area contributed by atoms with Crippen LogP contribution in [-0.4, -0.2) is 22.7 Å². The molecule has 1 aromatic heterocycles. The lowest BCUT2D eigenvalue weighted by molar-refractivity contribution is -0.117. The lowest BCUT2D eigenvalue weighted by Gasteiger charge is -2.20. The van der Waals surface area contributed by atoms with Gasteiger partial charge in [0.05, 0.1) is 15.5 Å². The van der Waals surface area contributed by atoms with E-state index in [9.17, 15) is 4.79 Å². The van der Waals surface area contributed by atoms with E-state index in [1.807, 2.05) is 48.2 Å². The van der Waals surface area contributed by atoms with E-state index in [-0.39, 0.29) is 11.2 Å². The summed E-state index contributed by atoms with van der Waals surface area (Å²) in [5.74, 6) is 0.166. The fourth-order valence-electron chi connectivity index (χ4n) is 2.89. The van der Waals surface area contributed by atoms with Crippen molar-refractivity contribution in [1.29, 1.82) is 0 Å². The number of amides is 1. The second-order valence-electron chi connectivity index (χ2n) is 5.58. The third-order valence-electron chi connectivity index (χ3n) is 4.05. The van der Waals surface area contributed by atoms with Crippen molar-refractivity contribution in [3.05, 3.63) is 54.1 Å². The maximum atomic E-state index is 12.8. The first kappa shape index (κ1) is 14.7. The largest absolute Gasteiger partial charge is 0.311 e. The molecule has 0 fully saturated rings. The van der Waals surface area contributed by atoms with Crippen LogP contribution in [0.3, 0.4) is 0 Å². The number of benzene rings is 2. The van der Waals surface area contributed by atoms with E-state index >= 15 is 0 Å². The van der Waals surface area contributed by atoms with Gasteiger partial charge in [-0.1, -0.05) is 42.1 Å². The van der Waals surface area contributed by atoms with Gasteiger partial charge in [0.1, 0.15) is 0 Å². The molecule has 2 aromatic carbocycles. The summed E-state index contributed by atoms with van der Waals surface area (Å²) >= 11 is 3.21. The van der Waals surface area contributed by atoms with Gasteiger partial charge in [-0.2, -0.15) is 0 Å². The average Bonchev–Trinajstić information content (AvgIpc) is 3.17. The summed E-state index contributed by atoms with van der Waals surface area (Å²) in [5, 5.41) is -0.137. The van der Waals surface area contributed by atoms with Gasteiger partial charge in [0.2, 0.25) is 5.91 Å². The van der Waals surface area contributed by atoms with Crippen LogP contribution in [0.1, 0.15) is 12.5 Å². The SMILES string of the molecule is C[C@@H](Sc1nc2ccccc2s1)C(=O)N1CCc2ccccc21. The maximum Gasteiger partial charge on any atom is 0.240 e. The van der Waals surface area contributed by atoms with Crippen LogP contribution >= 0.6 is 23.1 Å². The highest BCUT2D eigenvalue weighted by Crippen LogP contribution is 2.34. The van der Waals surface area contributed by atoms with Crippen LogP contribution in [0, 0.1) is 0 Å². The summed E-state index contributed by atoms with van der Waals surface area (Å²) in [6.45, 7) is 2.75. The quantitative estimate of drug-likeness (QED) is 0.664. The van der Waals surface area contributed by atoms with Gasteiger partial charge in [-0.3, -0.25) is 4.79 Å². The van der Waals surface area contributed by atoms with Crippen molar-refractivity contribution in [2.75, 3.05) is 11.4 Å². The predicted molar refractivity (Wildman–Crippen MR) is 97.4 cm³/mol. The van der Waals surface area contributed by atoms with E-state index in [2.05, 4.69) is 17.1 Å². The molecule has 1 amide bonds. The number of carbonyl (C=O) groups is 1. The fourth-order valence-corrected chi connectivity index (χ4v) is 5.16. The molecular formula is C18H16N2OS2. The van der Waals surface area contributed by atoms with Gasteiger partial charge in [0.15, 0.2) is 4.34 Å². The Bertz CT molecular complexity index is 841. The minimum Gasteiger partial charge on any atom is -0.311 e. The second kappa shape index (κ2) is 5.98. The van der Waals surface area contributed by atoms with E-state index in [1.54, 1.807) is 23.1 Å². The number of para-hydroxylation sites is 2. The number of fused-ring (bicyclic) bond motifs is 2. The van der Waals surface area contributed by atoms with Crippen LogP contribution in [0.5, 0.6) is 0 Å². The molecule has 0 spiro atoms. The molecule has 3 nitrogen and oxygen atoms in total. The number of aromatic nitrogens is 1. The van der Waals surface area contributed by atoms with Gasteiger partial charge >= 0.3 is 0 Å². The van der Waals surface area contributed by atoms with Crippen LogP contribution in [-0.2, 0) is 11.2 Å². The van der Waals surface area contributed by atoms with Crippen molar-refractivity contribution in [3.8, 4) is 0 Å². The predicted octanol–water partition coefficient (Wildman–Crippen LogP) is 4.37. The van der Waals surface area contributed by atoms with E-state index in [4.69, 9.17) is 0 Å². The molecule has 0 N–H and O–H groups in total. The number of anilines is 1. The van der Waals surface area contributed by atoms with Gasteiger partial charge in [0, 0.05) is 12.2 Å². The van der Waals surface area contributed by atoms with Crippen molar-refractivity contribution in [1.82, 2.24) is 4.98 Å². The number of thiazole rings is 1. The zero-order valence-corrected chi connectivity index (χ0v) is 14.4. The number of nitrogens with zero attached hydrogens (tertiary/aromatic N) is 2. The van der Waals surface area contributed by atoms with Gasteiger partial charge in [-0.25, -0.2) is 4.98 Å². The van der Waals surface area contributed by atoms with Crippen molar-refractivity contribution < 1.29 is 4.79 Å². The molecule has 0 saturated heterocycles. The average molecular weight is 340 g/mol. The highest BCUT2D eigenvalue weighted by atomic mass is 32.2. The molecule has 0 aliphatic carbocycles. The van der Waals surface area contributed by atoms with E-state index in [1.165, 1.54) is 10.3 Å². The van der Waals surface area contributed by atoms with Gasteiger partial charge in [-0.15, -0.1) is 11.3 Å². The molecule has 4 rings (SSSR count). The molecule has 1 aliphatic rings. The lowest BCUT2D eigenvalue weighted by Crippen LogP contribution is -2.35. The zero-order chi connectivity index (χ0) is 15.8. The lowest BCUT2D eigenvalue weighted by atomic mass is 10.2. The maximum absolute atomic E-state index is 12.8. The summed E-state index contributed by atoms with van der Waals surface area (Å²) in [4.78, 5) is 19.3. The highest BCUT2D eigenvalue weighted by Gasteiger charge is 2.28. The Kier molecular flexibility index (Phi) is 3.83. The molecule has 0 bridgehead atoms. The Morgan fingerprint density at radius 2 is 2.00 bits per heavy atom. The molecule has 0 saturated carbocycles. The molecule has 0 radical (unpaired) electrons. The van der Waals surface area contributed by atoms with E-state index < -0.39 is 0 Å². The standard InChI is InChI=1S/C18H16N2OS2/c1-12(22-18-19-14-7-3-5-9-16(14)23-18)17(21)20-11-10-13-6-2-4-8-15(13)20/h2-9,12H,10-11H2,1H3/t12-/m1/s1. The van der Waals surface area contributed by atoms with Crippen LogP contribution in [0.4, 0.5) is 5.69 Å². The molecule has 5 heteroatoms. The highest BCUT2D eigenvalue weighted by molar-refractivity contribution is 8.02. The second-order valence-corrected chi connectivity index (χ2v) is 8.19. The van der Waals surface area contributed by atoms with Crippen molar-refractivity contribution in [2.45, 2.75) is 22.9 Å². The van der Waals surface area contributed by atoms with Crippen molar-refractivity contribution in [2.24, 2.45) is 0 Å². The van der Waals surface area contributed by atoms with E-state index in [0.717, 1.165) is 28.5 Å². The fraction of sp³-hybridized carbons (Fsp3) is 0.222. The molecule has 23 heavy (non-hydrogen) atoms. The Morgan fingerprint density at radius 3 is 2.87 bits per heavy atom. The Balaban J connectivity index is 1.53. The molecule has 0 unspecified atom stereocenters. The summed E-state index contributed by atoms with van der Waals surface area (Å²) in [7, 11) is 0. The first-order valence-electron chi connectivity index (χ1n) is 7.64. The molecule has 3 aromatic rings. The molecule has 1 aliphatic heterocycles. The number of thioether (sulfide) groups is 1. The Labute approximate surface area is 143 Å². The minimum absolute atomic E-state index is 0.137. The molecule has 2 heterocycles. The first-order chi connectivity index (χ1) is 11.2.